The van der Waals surface area contributed by atoms with Gasteiger partial charge in [0.25, 0.3) is 0 Å². The molecule has 1 aliphatic carbocycles. The van der Waals surface area contributed by atoms with Crippen LogP contribution in [0.1, 0.15) is 44.1 Å². The molecule has 0 amide bonds. The van der Waals surface area contributed by atoms with Crippen molar-refractivity contribution in [1.82, 2.24) is 0 Å². The third kappa shape index (κ3) is 3.85. The van der Waals surface area contributed by atoms with Crippen LogP contribution in [0.3, 0.4) is 0 Å². The van der Waals surface area contributed by atoms with E-state index in [0.717, 1.165) is 12.3 Å². The molecule has 1 saturated heterocycles. The van der Waals surface area contributed by atoms with Gasteiger partial charge in [-0.05, 0) is 24.3 Å². The smallest absolute Gasteiger partial charge is 0.0963 e. The van der Waals surface area contributed by atoms with E-state index in [2.05, 4.69) is 24.3 Å². The summed E-state index contributed by atoms with van der Waals surface area (Å²) in [6.07, 6.45) is 8.32. The normalized spacial score (nSPS) is 30.6. The Balaban J connectivity index is 1.54. The Bertz CT molecular complexity index is 416. The van der Waals surface area contributed by atoms with Crippen LogP contribution in [-0.4, -0.2) is 24.9 Å². The Labute approximate surface area is 127 Å². The van der Waals surface area contributed by atoms with Gasteiger partial charge in [0.15, 0.2) is 0 Å². The largest absolute Gasteiger partial charge is 0.371 e. The first-order chi connectivity index (χ1) is 10.4. The minimum absolute atomic E-state index is 0.0700. The van der Waals surface area contributed by atoms with Crippen LogP contribution < -0.4 is 5.73 Å². The average Bonchev–Trinajstić information content (AvgIpc) is 2.98. The molecule has 1 heterocycles. The first kappa shape index (κ1) is 15.0. The van der Waals surface area contributed by atoms with Crippen LogP contribution in [0, 0.1) is 5.92 Å². The summed E-state index contributed by atoms with van der Waals surface area (Å²) in [4.78, 5) is 0. The summed E-state index contributed by atoms with van der Waals surface area (Å²) < 4.78 is 12.3. The molecule has 0 spiro atoms. The second-order valence-electron chi connectivity index (χ2n) is 6.42. The molecule has 1 saturated carbocycles. The summed E-state index contributed by atoms with van der Waals surface area (Å²) in [5.41, 5.74) is 7.10. The van der Waals surface area contributed by atoms with Crippen LogP contribution in [0.15, 0.2) is 30.3 Å². The number of hydrogen-bond acceptors (Lipinski definition) is 3. The van der Waals surface area contributed by atoms with Gasteiger partial charge in [-0.1, -0.05) is 49.6 Å². The van der Waals surface area contributed by atoms with Crippen molar-refractivity contribution >= 4 is 0 Å². The maximum atomic E-state index is 6.20. The van der Waals surface area contributed by atoms with Gasteiger partial charge >= 0.3 is 0 Å². The number of nitrogens with two attached hydrogens (primary N) is 1. The molecule has 3 unspecified atom stereocenters. The van der Waals surface area contributed by atoms with Gasteiger partial charge in [0.05, 0.1) is 24.9 Å². The Morgan fingerprint density at radius 2 is 1.86 bits per heavy atom. The number of benzene rings is 1. The maximum Gasteiger partial charge on any atom is 0.0963 e. The first-order valence-electron chi connectivity index (χ1n) is 8.38. The Morgan fingerprint density at radius 1 is 1.10 bits per heavy atom. The van der Waals surface area contributed by atoms with E-state index in [0.29, 0.717) is 19.3 Å². The molecule has 3 nitrogen and oxygen atoms in total. The van der Waals surface area contributed by atoms with E-state index in [1.54, 1.807) is 0 Å². The van der Waals surface area contributed by atoms with E-state index in [9.17, 15) is 0 Å². The lowest BCUT2D eigenvalue weighted by molar-refractivity contribution is -0.0366. The molecule has 1 aliphatic heterocycles. The number of rotatable bonds is 5. The maximum absolute atomic E-state index is 6.20. The summed E-state index contributed by atoms with van der Waals surface area (Å²) in [5, 5.41) is 0. The van der Waals surface area contributed by atoms with Gasteiger partial charge in [-0.3, -0.25) is 0 Å². The van der Waals surface area contributed by atoms with Crippen LogP contribution in [0.25, 0.3) is 0 Å². The molecule has 116 valence electrons. The van der Waals surface area contributed by atoms with Crippen molar-refractivity contribution in [3.05, 3.63) is 35.9 Å². The molecule has 2 fully saturated rings. The van der Waals surface area contributed by atoms with E-state index in [1.165, 1.54) is 37.7 Å². The molecule has 21 heavy (non-hydrogen) atoms. The van der Waals surface area contributed by atoms with Crippen molar-refractivity contribution in [3.8, 4) is 0 Å². The van der Waals surface area contributed by atoms with Crippen molar-refractivity contribution < 1.29 is 9.47 Å². The molecule has 2 aliphatic rings. The zero-order valence-electron chi connectivity index (χ0n) is 12.7. The van der Waals surface area contributed by atoms with Crippen molar-refractivity contribution in [2.45, 2.75) is 63.4 Å². The van der Waals surface area contributed by atoms with Crippen molar-refractivity contribution in [1.29, 1.82) is 0 Å². The molecule has 3 heteroatoms. The first-order valence-corrected chi connectivity index (χ1v) is 8.38. The van der Waals surface area contributed by atoms with E-state index in [1.807, 2.05) is 6.07 Å². The fraction of sp³-hybridized carbons (Fsp3) is 0.667. The van der Waals surface area contributed by atoms with Crippen LogP contribution in [0.2, 0.25) is 0 Å². The van der Waals surface area contributed by atoms with Crippen LogP contribution in [0.4, 0.5) is 0 Å². The molecular weight excluding hydrogens is 262 g/mol. The quantitative estimate of drug-likeness (QED) is 0.905. The highest BCUT2D eigenvalue weighted by Crippen LogP contribution is 2.35. The lowest BCUT2D eigenvalue weighted by Crippen LogP contribution is -2.32. The van der Waals surface area contributed by atoms with Crippen LogP contribution in [-0.2, 0) is 16.1 Å². The molecule has 0 radical (unpaired) electrons. The fourth-order valence-corrected chi connectivity index (χ4v) is 3.72. The van der Waals surface area contributed by atoms with Gasteiger partial charge in [0.1, 0.15) is 0 Å². The van der Waals surface area contributed by atoms with E-state index >= 15 is 0 Å². The summed E-state index contributed by atoms with van der Waals surface area (Å²) in [5.74, 6) is 0.720. The summed E-state index contributed by atoms with van der Waals surface area (Å²) in [6.45, 7) is 1.21. The summed E-state index contributed by atoms with van der Waals surface area (Å²) in [6, 6.07) is 10.3. The van der Waals surface area contributed by atoms with Gasteiger partial charge in [-0.25, -0.2) is 0 Å². The highest BCUT2D eigenvalue weighted by atomic mass is 16.6. The highest BCUT2D eigenvalue weighted by molar-refractivity contribution is 5.13. The molecular formula is C18H27NO2. The van der Waals surface area contributed by atoms with Crippen LogP contribution in [0.5, 0.6) is 0 Å². The summed E-state index contributed by atoms with van der Waals surface area (Å²) in [7, 11) is 0. The van der Waals surface area contributed by atoms with Crippen molar-refractivity contribution in [3.63, 3.8) is 0 Å². The zero-order chi connectivity index (χ0) is 14.5. The molecule has 1 aromatic carbocycles. The SMILES string of the molecule is NCC1OC(C2CCCCC2)CC1OCc1ccccc1. The van der Waals surface area contributed by atoms with E-state index < -0.39 is 0 Å². The Morgan fingerprint density at radius 3 is 2.57 bits per heavy atom. The third-order valence-electron chi connectivity index (χ3n) is 4.94. The standard InChI is InChI=1S/C18H27NO2/c19-12-18-17(20-13-14-7-3-1-4-8-14)11-16(21-18)15-9-5-2-6-10-15/h1,3-4,7-8,15-18H,2,5-6,9-13,19H2. The zero-order valence-corrected chi connectivity index (χ0v) is 12.7. The molecule has 3 rings (SSSR count). The van der Waals surface area contributed by atoms with Crippen LogP contribution >= 0.6 is 0 Å². The molecule has 0 bridgehead atoms. The van der Waals surface area contributed by atoms with Crippen molar-refractivity contribution in [2.75, 3.05) is 6.54 Å². The Hall–Kier alpha value is -0.900. The predicted molar refractivity (Wildman–Crippen MR) is 83.9 cm³/mol. The van der Waals surface area contributed by atoms with Gasteiger partial charge in [-0.15, -0.1) is 0 Å². The average molecular weight is 289 g/mol. The van der Waals surface area contributed by atoms with E-state index in [-0.39, 0.29) is 12.2 Å². The predicted octanol–water partition coefficient (Wildman–Crippen LogP) is 3.27. The minimum atomic E-state index is 0.0700. The van der Waals surface area contributed by atoms with Gasteiger partial charge in [0, 0.05) is 13.0 Å². The highest BCUT2D eigenvalue weighted by Gasteiger charge is 2.39. The third-order valence-corrected chi connectivity index (χ3v) is 4.94. The molecule has 0 aromatic heterocycles. The minimum Gasteiger partial charge on any atom is -0.371 e. The molecule has 2 N–H and O–H groups in total. The van der Waals surface area contributed by atoms with Crippen molar-refractivity contribution in [2.24, 2.45) is 11.7 Å². The number of ether oxygens (including phenoxy) is 2. The topological polar surface area (TPSA) is 44.5 Å². The lowest BCUT2D eigenvalue weighted by Gasteiger charge is -2.27. The van der Waals surface area contributed by atoms with E-state index in [4.69, 9.17) is 15.2 Å². The van der Waals surface area contributed by atoms with Gasteiger partial charge < -0.3 is 15.2 Å². The molecule has 1 aromatic rings. The summed E-state index contributed by atoms with van der Waals surface area (Å²) >= 11 is 0. The van der Waals surface area contributed by atoms with Gasteiger partial charge in [0.2, 0.25) is 0 Å². The monoisotopic (exact) mass is 289 g/mol. The lowest BCUT2D eigenvalue weighted by atomic mass is 9.84. The number of hydrogen-bond donors (Lipinski definition) is 1. The second kappa shape index (κ2) is 7.39. The second-order valence-corrected chi connectivity index (χ2v) is 6.42. The fourth-order valence-electron chi connectivity index (χ4n) is 3.72. The van der Waals surface area contributed by atoms with Gasteiger partial charge in [-0.2, -0.15) is 0 Å². The Kier molecular flexibility index (Phi) is 5.28. The molecule has 3 atom stereocenters.